The van der Waals surface area contributed by atoms with Gasteiger partial charge in [-0.25, -0.2) is 14.7 Å². The quantitative estimate of drug-likeness (QED) is 0.0654. The van der Waals surface area contributed by atoms with E-state index in [-0.39, 0.29) is 57.3 Å². The molecule has 4 N–H and O–H groups in total. The van der Waals surface area contributed by atoms with Crippen molar-refractivity contribution in [3.05, 3.63) is 161 Å². The van der Waals surface area contributed by atoms with Crippen LogP contribution < -0.4 is 15.0 Å². The molecule has 9 rings (SSSR count). The number of H-pyrrole nitrogens is 1. The zero-order chi connectivity index (χ0) is 45.8. The molecule has 3 amide bonds. The third-order valence-electron chi connectivity index (χ3n) is 12.3. The largest absolute Gasteiger partial charge is 0.491 e. The molecule has 2 saturated heterocycles. The Kier molecular flexibility index (Phi) is 12.6. The number of carbonyl (C=O) groups is 4. The van der Waals surface area contributed by atoms with Crippen LogP contribution in [0.1, 0.15) is 58.3 Å². The van der Waals surface area contributed by atoms with Crippen LogP contribution in [0, 0.1) is 17.8 Å². The summed E-state index contributed by atoms with van der Waals surface area (Å²) >= 11 is 0. The lowest BCUT2D eigenvalue weighted by atomic mass is 9.65. The maximum Gasteiger partial charge on any atom is 0.421 e. The minimum absolute atomic E-state index is 0.0289. The number of esters is 1. The minimum Gasteiger partial charge on any atom is -0.491 e. The maximum atomic E-state index is 16.3. The van der Waals surface area contributed by atoms with Crippen molar-refractivity contribution in [3.63, 3.8) is 0 Å². The molecule has 6 aromatic rings. The summed E-state index contributed by atoms with van der Waals surface area (Å²) in [6, 6.07) is 34.6. The van der Waals surface area contributed by atoms with Crippen molar-refractivity contribution in [2.75, 3.05) is 45.0 Å². The fourth-order valence-corrected chi connectivity index (χ4v) is 9.74. The van der Waals surface area contributed by atoms with Crippen molar-refractivity contribution >= 4 is 40.6 Å². The highest BCUT2D eigenvalue weighted by Gasteiger charge is 2.75. The van der Waals surface area contributed by atoms with Gasteiger partial charge in [-0.15, -0.1) is 0 Å². The summed E-state index contributed by atoms with van der Waals surface area (Å²) in [4.78, 5) is 72.4. The van der Waals surface area contributed by atoms with Crippen LogP contribution in [0.3, 0.4) is 0 Å². The molecule has 0 saturated carbocycles. The van der Waals surface area contributed by atoms with Crippen molar-refractivity contribution in [2.24, 2.45) is 5.92 Å². The van der Waals surface area contributed by atoms with Crippen LogP contribution in [0.2, 0.25) is 0 Å². The molecule has 3 aliphatic heterocycles. The van der Waals surface area contributed by atoms with Crippen molar-refractivity contribution in [2.45, 2.75) is 42.6 Å². The Morgan fingerprint density at radius 3 is 2.27 bits per heavy atom. The Morgan fingerprint density at radius 2 is 1.56 bits per heavy atom. The lowest BCUT2D eigenvalue weighted by Crippen LogP contribution is -2.55. The fraction of sp³-hybridized carbons (Fsp3) is 0.275. The molecular formula is C51H47N5O10. The van der Waals surface area contributed by atoms with Crippen LogP contribution in [0.4, 0.5) is 10.5 Å². The smallest absolute Gasteiger partial charge is 0.421 e. The number of imide groups is 1. The van der Waals surface area contributed by atoms with Gasteiger partial charge in [0.2, 0.25) is 11.8 Å². The van der Waals surface area contributed by atoms with E-state index < -0.39 is 59.4 Å². The molecule has 0 bridgehead atoms. The monoisotopic (exact) mass is 889 g/mol. The normalized spacial score (nSPS) is 22.0. The van der Waals surface area contributed by atoms with Gasteiger partial charge in [-0.2, -0.15) is 0 Å². The number of aliphatic hydroxyl groups excluding tert-OH is 2. The lowest BCUT2D eigenvalue weighted by Gasteiger charge is -2.46. The third kappa shape index (κ3) is 7.83. The number of benzene rings is 5. The first-order chi connectivity index (χ1) is 32.3. The number of hydrogen-bond donors (Lipinski definition) is 4. The maximum absolute atomic E-state index is 16.3. The third-order valence-corrected chi connectivity index (χ3v) is 12.3. The summed E-state index contributed by atoms with van der Waals surface area (Å²) in [6.45, 7) is -0.609. The van der Waals surface area contributed by atoms with Gasteiger partial charge in [0.05, 0.1) is 61.1 Å². The van der Waals surface area contributed by atoms with Crippen molar-refractivity contribution in [1.29, 1.82) is 0 Å². The second-order valence-electron chi connectivity index (χ2n) is 16.1. The number of aliphatic hydroxyl groups is 2. The number of rotatable bonds is 13. The second kappa shape index (κ2) is 19.0. The molecule has 0 radical (unpaired) electrons. The van der Waals surface area contributed by atoms with E-state index in [0.29, 0.717) is 33.8 Å². The number of para-hydroxylation sites is 2. The first-order valence-corrected chi connectivity index (χ1v) is 21.7. The summed E-state index contributed by atoms with van der Waals surface area (Å²) in [5.74, 6) is 3.10. The Bertz CT molecular complexity index is 2780. The number of anilines is 1. The van der Waals surface area contributed by atoms with E-state index >= 15 is 14.4 Å². The molecule has 6 atom stereocenters. The molecule has 0 aliphatic carbocycles. The van der Waals surface area contributed by atoms with E-state index in [2.05, 4.69) is 27.1 Å². The Balaban J connectivity index is 1.32. The van der Waals surface area contributed by atoms with Crippen LogP contribution in [-0.2, 0) is 40.6 Å². The highest BCUT2D eigenvalue weighted by molar-refractivity contribution is 6.23. The number of nitrogens with zero attached hydrogens (tertiary/aromatic N) is 3. The summed E-state index contributed by atoms with van der Waals surface area (Å²) in [5.41, 5.74) is 2.14. The van der Waals surface area contributed by atoms with Crippen LogP contribution in [0.5, 0.6) is 5.75 Å². The van der Waals surface area contributed by atoms with Crippen molar-refractivity contribution < 1.29 is 48.3 Å². The number of carbonyl (C=O) groups excluding carboxylic acids is 4. The number of hydrogen-bond acceptors (Lipinski definition) is 12. The average molecular weight is 890 g/mol. The topological polar surface area (TPSA) is 193 Å². The first kappa shape index (κ1) is 43.9. The molecule has 15 nitrogen and oxygen atoms in total. The minimum atomic E-state index is -2.06. The van der Waals surface area contributed by atoms with Crippen molar-refractivity contribution in [3.8, 4) is 17.6 Å². The summed E-state index contributed by atoms with van der Waals surface area (Å²) in [6.07, 6.45) is -1.76. The van der Waals surface area contributed by atoms with E-state index in [1.165, 1.54) is 7.11 Å². The number of aromatic nitrogens is 2. The number of aromatic amines is 1. The molecule has 3 aliphatic rings. The number of fused-ring (bicyclic) bond motifs is 4. The number of imidazole rings is 1. The number of amides is 3. The van der Waals surface area contributed by atoms with E-state index in [0.717, 1.165) is 16.0 Å². The Morgan fingerprint density at radius 1 is 0.833 bits per heavy atom. The summed E-state index contributed by atoms with van der Waals surface area (Å²) in [5, 5.41) is 22.2. The number of nitrogens with one attached hydrogen (secondary N) is 2. The van der Waals surface area contributed by atoms with Gasteiger partial charge in [0.25, 0.3) is 0 Å². The molecular weight excluding hydrogens is 843 g/mol. The molecule has 66 heavy (non-hydrogen) atoms. The first-order valence-electron chi connectivity index (χ1n) is 21.7. The molecule has 15 heteroatoms. The van der Waals surface area contributed by atoms with Crippen LogP contribution >= 0.6 is 0 Å². The SMILES string of the molecule is COCCOC(=O)N1C(=O)[C@@]2(c3cc(C#CCCO)ccc31)[C@H](C(=O)NCc1nc3ccccc3[nH]1)[C@H]1C(=O)O[C@H](c3ccccc3)[C@H](c3ccccc3)N1[C@@H]2c1ccc(OCCO)cc1. The zero-order valence-corrected chi connectivity index (χ0v) is 36.0. The van der Waals surface area contributed by atoms with Gasteiger partial charge in [-0.3, -0.25) is 19.3 Å². The number of morpholine rings is 1. The van der Waals surface area contributed by atoms with Gasteiger partial charge < -0.3 is 39.5 Å². The molecule has 1 spiro atoms. The second-order valence-corrected chi connectivity index (χ2v) is 16.1. The Labute approximate surface area is 380 Å². The predicted octanol–water partition coefficient (Wildman–Crippen LogP) is 5.43. The summed E-state index contributed by atoms with van der Waals surface area (Å²) < 4.78 is 23.2. The van der Waals surface area contributed by atoms with Gasteiger partial charge in [0.15, 0.2) is 0 Å². The molecule has 4 heterocycles. The average Bonchev–Trinajstić information content (AvgIpc) is 3.99. The molecule has 5 aromatic carbocycles. The molecule has 0 unspecified atom stereocenters. The standard InChI is InChI=1S/C51H47N5O10/c1-63-28-29-65-50(62)55-40-24-19-32(12-10-11-25-57)30-37(40)51(49(55)61)42(47(59)52-31-41-53-38-17-8-9-18-39(38)54-41)44-48(60)66-45(34-15-6-3-7-16-34)43(33-13-4-2-5-14-33)56(44)46(51)35-20-22-36(23-21-35)64-27-26-58/h2-9,13-24,30,42-46,57-58H,11,25-29,31H2,1H3,(H,52,59)(H,53,54)/t42-,43-,44-,45+,46+,51-/m0/s1. The number of ether oxygens (including phenoxy) is 4. The highest BCUT2D eigenvalue weighted by atomic mass is 16.6. The van der Waals surface area contributed by atoms with E-state index in [1.54, 1.807) is 42.5 Å². The van der Waals surface area contributed by atoms with Gasteiger partial charge in [0.1, 0.15) is 42.3 Å². The fourth-order valence-electron chi connectivity index (χ4n) is 9.74. The Hall–Kier alpha value is -7.35. The zero-order valence-electron chi connectivity index (χ0n) is 36.0. The summed E-state index contributed by atoms with van der Waals surface area (Å²) in [7, 11) is 1.46. The number of methoxy groups -OCH3 is 1. The molecule has 1 aromatic heterocycles. The van der Waals surface area contributed by atoms with E-state index in [4.69, 9.17) is 18.9 Å². The van der Waals surface area contributed by atoms with Crippen LogP contribution in [0.15, 0.2) is 127 Å². The van der Waals surface area contributed by atoms with Crippen LogP contribution in [0.25, 0.3) is 11.0 Å². The van der Waals surface area contributed by atoms with Gasteiger partial charge in [-0.1, -0.05) is 96.8 Å². The van der Waals surface area contributed by atoms with E-state index in [9.17, 15) is 15.0 Å². The van der Waals surface area contributed by atoms with Crippen LogP contribution in [-0.4, -0.2) is 95.1 Å². The van der Waals surface area contributed by atoms with Crippen molar-refractivity contribution in [1.82, 2.24) is 20.2 Å². The van der Waals surface area contributed by atoms with E-state index in [1.807, 2.05) is 89.8 Å². The predicted molar refractivity (Wildman–Crippen MR) is 241 cm³/mol. The van der Waals surface area contributed by atoms with Gasteiger partial charge in [-0.05, 0) is 64.7 Å². The number of cyclic esters (lactones) is 1. The van der Waals surface area contributed by atoms with Gasteiger partial charge in [0, 0.05) is 19.1 Å². The lowest BCUT2D eigenvalue weighted by molar-refractivity contribution is -0.178. The highest BCUT2D eigenvalue weighted by Crippen LogP contribution is 2.66. The molecule has 336 valence electrons. The van der Waals surface area contributed by atoms with Gasteiger partial charge >= 0.3 is 12.1 Å². The molecule has 2 fully saturated rings.